The van der Waals surface area contributed by atoms with Crippen LogP contribution in [0.2, 0.25) is 0 Å². The molecule has 1 atom stereocenters. The smallest absolute Gasteiger partial charge is 0.227 e. The van der Waals surface area contributed by atoms with Crippen molar-refractivity contribution in [2.75, 3.05) is 11.5 Å². The first-order valence-corrected chi connectivity index (χ1v) is 10.7. The van der Waals surface area contributed by atoms with E-state index in [0.29, 0.717) is 13.0 Å². The zero-order chi connectivity index (χ0) is 19.8. The fraction of sp³-hybridized carbons (Fsp3) is 0.440. The van der Waals surface area contributed by atoms with Crippen molar-refractivity contribution < 1.29 is 42.2 Å². The molecule has 29 heavy (non-hydrogen) atoms. The van der Waals surface area contributed by atoms with E-state index in [1.807, 2.05) is 23.1 Å². The van der Waals surface area contributed by atoms with E-state index in [4.69, 9.17) is 4.74 Å². The summed E-state index contributed by atoms with van der Waals surface area (Å²) in [5, 5.41) is 0. The summed E-state index contributed by atoms with van der Waals surface area (Å²) in [6, 6.07) is 16.7. The number of anilines is 1. The van der Waals surface area contributed by atoms with Gasteiger partial charge in [-0.05, 0) is 67.7 Å². The number of carbonyl (C=O) groups is 1. The quantitative estimate of drug-likeness (QED) is 0.321. The van der Waals surface area contributed by atoms with E-state index in [0.717, 1.165) is 36.3 Å². The molecule has 153 valence electrons. The molecular formula is C25H32NO2Y-. The van der Waals surface area contributed by atoms with Gasteiger partial charge in [-0.2, -0.15) is 0 Å². The Morgan fingerprint density at radius 2 is 1.90 bits per heavy atom. The fourth-order valence-electron chi connectivity index (χ4n) is 4.02. The van der Waals surface area contributed by atoms with Gasteiger partial charge in [0.25, 0.3) is 0 Å². The number of nitrogens with zero attached hydrogens (tertiary/aromatic N) is 1. The molecule has 1 aliphatic heterocycles. The number of benzene rings is 2. The molecule has 0 aliphatic carbocycles. The molecule has 0 aromatic heterocycles. The van der Waals surface area contributed by atoms with E-state index in [1.54, 1.807) is 0 Å². The Morgan fingerprint density at radius 3 is 2.62 bits per heavy atom. The molecule has 0 spiro atoms. The second-order valence-corrected chi connectivity index (χ2v) is 7.57. The number of aryl methyl sites for hydroxylation is 1. The van der Waals surface area contributed by atoms with E-state index in [-0.39, 0.29) is 44.7 Å². The van der Waals surface area contributed by atoms with Crippen molar-refractivity contribution in [1.29, 1.82) is 0 Å². The first kappa shape index (κ1) is 24.1. The summed E-state index contributed by atoms with van der Waals surface area (Å²) in [6.45, 7) is 6.39. The van der Waals surface area contributed by atoms with Crippen LogP contribution in [0.3, 0.4) is 0 Å². The van der Waals surface area contributed by atoms with Crippen molar-refractivity contribution in [1.82, 2.24) is 0 Å². The number of piperidine rings is 1. The average Bonchev–Trinajstić information content (AvgIpc) is 2.72. The molecule has 4 heteroatoms. The molecule has 1 aliphatic rings. The standard InChI is InChI=1S/C25H32NO2.Y/c1-3-5-6-7-10-20-15-17-22(18-16-20)26-24(13-9-14-25(26)27)21-11-8-12-23(19-21)28-4-2;/h8,11-12,15-19,24H,2-7,9-10,13-14H2,1H3;/q-1;. The second kappa shape index (κ2) is 12.5. The topological polar surface area (TPSA) is 29.5 Å². The van der Waals surface area contributed by atoms with Gasteiger partial charge in [-0.25, -0.2) is 0 Å². The van der Waals surface area contributed by atoms with Crippen molar-refractivity contribution in [3.8, 4) is 5.75 Å². The molecule has 1 unspecified atom stereocenters. The molecule has 1 amide bonds. The van der Waals surface area contributed by atoms with Gasteiger partial charge >= 0.3 is 0 Å². The van der Waals surface area contributed by atoms with Crippen LogP contribution in [0, 0.1) is 6.92 Å². The van der Waals surface area contributed by atoms with Crippen LogP contribution < -0.4 is 9.64 Å². The number of amides is 1. The van der Waals surface area contributed by atoms with E-state index in [1.165, 1.54) is 31.2 Å². The third kappa shape index (κ3) is 6.65. The van der Waals surface area contributed by atoms with Crippen molar-refractivity contribution in [2.24, 2.45) is 0 Å². The Hall–Kier alpha value is -1.19. The van der Waals surface area contributed by atoms with Crippen LogP contribution in [0.1, 0.15) is 69.0 Å². The number of carbonyl (C=O) groups excluding carboxylic acids is 1. The van der Waals surface area contributed by atoms with Crippen LogP contribution in [0.25, 0.3) is 0 Å². The van der Waals surface area contributed by atoms with Crippen molar-refractivity contribution in [2.45, 2.75) is 64.3 Å². The fourth-order valence-corrected chi connectivity index (χ4v) is 4.02. The average molecular weight is 467 g/mol. The minimum Gasteiger partial charge on any atom is -0.525 e. The zero-order valence-electron chi connectivity index (χ0n) is 17.6. The Bertz CT molecular complexity index is 760. The Balaban J connectivity index is 0.00000300. The molecule has 0 bridgehead atoms. The normalized spacial score (nSPS) is 16.4. The number of rotatable bonds is 9. The van der Waals surface area contributed by atoms with Crippen molar-refractivity contribution in [3.63, 3.8) is 0 Å². The van der Waals surface area contributed by atoms with Crippen molar-refractivity contribution in [3.05, 3.63) is 66.6 Å². The second-order valence-electron chi connectivity index (χ2n) is 7.57. The minimum atomic E-state index is 0. The van der Waals surface area contributed by atoms with Gasteiger partial charge in [-0.3, -0.25) is 4.79 Å². The van der Waals surface area contributed by atoms with E-state index < -0.39 is 0 Å². The van der Waals surface area contributed by atoms with Crippen LogP contribution in [0.5, 0.6) is 5.75 Å². The zero-order valence-corrected chi connectivity index (χ0v) is 20.4. The van der Waals surface area contributed by atoms with Gasteiger partial charge in [0, 0.05) is 44.8 Å². The van der Waals surface area contributed by atoms with Crippen LogP contribution >= 0.6 is 0 Å². The predicted octanol–water partition coefficient (Wildman–Crippen LogP) is 6.28. The largest absolute Gasteiger partial charge is 0.525 e. The van der Waals surface area contributed by atoms with Gasteiger partial charge in [0.05, 0.1) is 6.04 Å². The van der Waals surface area contributed by atoms with E-state index in [9.17, 15) is 4.79 Å². The maximum absolute atomic E-state index is 12.8. The van der Waals surface area contributed by atoms with Gasteiger partial charge in [0.1, 0.15) is 5.75 Å². The summed E-state index contributed by atoms with van der Waals surface area (Å²) in [4.78, 5) is 14.8. The molecule has 1 heterocycles. The number of hydrogen-bond donors (Lipinski definition) is 0. The molecule has 0 saturated carbocycles. The number of ether oxygens (including phenoxy) is 1. The van der Waals surface area contributed by atoms with Gasteiger partial charge in [-0.1, -0.05) is 50.5 Å². The molecule has 3 nitrogen and oxygen atoms in total. The molecular weight excluding hydrogens is 435 g/mol. The van der Waals surface area contributed by atoms with Crippen LogP contribution in [0.15, 0.2) is 48.5 Å². The van der Waals surface area contributed by atoms with Gasteiger partial charge < -0.3 is 16.6 Å². The first-order valence-electron chi connectivity index (χ1n) is 10.7. The van der Waals surface area contributed by atoms with E-state index in [2.05, 4.69) is 44.2 Å². The minimum absolute atomic E-state index is 0. The number of unbranched alkanes of at least 4 members (excludes halogenated alkanes) is 3. The van der Waals surface area contributed by atoms with Gasteiger partial charge in [-0.15, -0.1) is 0 Å². The Morgan fingerprint density at radius 1 is 1.10 bits per heavy atom. The molecule has 0 N–H and O–H groups in total. The summed E-state index contributed by atoms with van der Waals surface area (Å²) >= 11 is 0. The third-order valence-corrected chi connectivity index (χ3v) is 5.49. The van der Waals surface area contributed by atoms with Crippen molar-refractivity contribution >= 4 is 11.6 Å². The van der Waals surface area contributed by atoms with Crippen LogP contribution in [-0.4, -0.2) is 12.5 Å². The summed E-state index contributed by atoms with van der Waals surface area (Å²) in [6.07, 6.45) is 8.71. The monoisotopic (exact) mass is 467 g/mol. The SMILES string of the molecule is [CH2-]COc1cccc(C2CCCC(=O)N2c2ccc(CCCCCC)cc2)c1.[Y]. The number of hydrogen-bond acceptors (Lipinski definition) is 2. The summed E-state index contributed by atoms with van der Waals surface area (Å²) in [5.41, 5.74) is 3.48. The summed E-state index contributed by atoms with van der Waals surface area (Å²) in [7, 11) is 0. The Kier molecular flexibility index (Phi) is 10.4. The predicted molar refractivity (Wildman–Crippen MR) is 116 cm³/mol. The van der Waals surface area contributed by atoms with Gasteiger partial charge in [0.2, 0.25) is 5.91 Å². The molecule has 2 aromatic carbocycles. The van der Waals surface area contributed by atoms with Crippen LogP contribution in [0.4, 0.5) is 5.69 Å². The summed E-state index contributed by atoms with van der Waals surface area (Å²) < 4.78 is 5.56. The Labute approximate surface area is 201 Å². The molecule has 3 rings (SSSR count). The van der Waals surface area contributed by atoms with E-state index >= 15 is 0 Å². The first-order chi connectivity index (χ1) is 13.7. The molecule has 1 fully saturated rings. The molecule has 2 aromatic rings. The molecule has 1 saturated heterocycles. The van der Waals surface area contributed by atoms with Gasteiger partial charge in [0.15, 0.2) is 0 Å². The third-order valence-electron chi connectivity index (χ3n) is 5.49. The maximum Gasteiger partial charge on any atom is 0.227 e. The van der Waals surface area contributed by atoms with Crippen LogP contribution in [-0.2, 0) is 43.9 Å². The summed E-state index contributed by atoms with van der Waals surface area (Å²) in [5.74, 6) is 1.02. The molecule has 1 radical (unpaired) electrons. The maximum atomic E-state index is 12.8.